The van der Waals surface area contributed by atoms with Crippen LogP contribution in [0.4, 0.5) is 0 Å². The third-order valence-corrected chi connectivity index (χ3v) is 4.87. The van der Waals surface area contributed by atoms with E-state index in [4.69, 9.17) is 9.26 Å². The van der Waals surface area contributed by atoms with Crippen LogP contribution >= 0.6 is 0 Å². The van der Waals surface area contributed by atoms with Crippen molar-refractivity contribution in [1.82, 2.24) is 10.1 Å². The van der Waals surface area contributed by atoms with E-state index in [9.17, 15) is 4.79 Å². The van der Waals surface area contributed by atoms with Crippen LogP contribution in [0.3, 0.4) is 0 Å². The fourth-order valence-corrected chi connectivity index (χ4v) is 3.47. The summed E-state index contributed by atoms with van der Waals surface area (Å²) in [5, 5.41) is 3.92. The molecule has 1 saturated heterocycles. The Labute approximate surface area is 140 Å². The predicted molar refractivity (Wildman–Crippen MR) is 89.0 cm³/mol. The number of Topliss-reactive ketones (excluding diaryl/α,β-unsaturated/α-hetero) is 1. The lowest BCUT2D eigenvalue weighted by atomic mass is 9.84. The largest absolute Gasteiger partial charge is 0.486 e. The summed E-state index contributed by atoms with van der Waals surface area (Å²) in [5.41, 5.74) is 1.83. The van der Waals surface area contributed by atoms with Gasteiger partial charge in [0.2, 0.25) is 5.78 Å². The first kappa shape index (κ1) is 15.1. The van der Waals surface area contributed by atoms with E-state index in [0.29, 0.717) is 18.4 Å². The third kappa shape index (κ3) is 2.65. The fourth-order valence-electron chi connectivity index (χ4n) is 3.47. The number of likely N-dealkylation sites (tertiary alicyclic amines) is 1. The van der Waals surface area contributed by atoms with Crippen LogP contribution in [-0.4, -0.2) is 34.5 Å². The maximum atomic E-state index is 12.9. The molecular weight excluding hydrogens is 304 g/mol. The number of aromatic nitrogens is 1. The number of hydrogen-bond donors (Lipinski definition) is 0. The number of ether oxygens (including phenoxy) is 1. The molecule has 1 aromatic heterocycles. The lowest BCUT2D eigenvalue weighted by Crippen LogP contribution is -2.48. The molecule has 24 heavy (non-hydrogen) atoms. The highest BCUT2D eigenvalue weighted by atomic mass is 16.5. The summed E-state index contributed by atoms with van der Waals surface area (Å²) in [6, 6.07) is 11.7. The topological polar surface area (TPSA) is 55.6 Å². The van der Waals surface area contributed by atoms with Crippen molar-refractivity contribution in [2.24, 2.45) is 0 Å². The number of carbonyl (C=O) groups is 1. The van der Waals surface area contributed by atoms with E-state index in [1.165, 1.54) is 0 Å². The van der Waals surface area contributed by atoms with Crippen LogP contribution in [0, 0.1) is 6.92 Å². The molecule has 5 nitrogen and oxygen atoms in total. The van der Waals surface area contributed by atoms with Crippen molar-refractivity contribution in [3.05, 3.63) is 59.7 Å². The molecule has 0 radical (unpaired) electrons. The van der Waals surface area contributed by atoms with Crippen LogP contribution in [0.1, 0.15) is 29.9 Å². The average molecular weight is 324 g/mol. The van der Waals surface area contributed by atoms with Gasteiger partial charge in [0, 0.05) is 32.0 Å². The van der Waals surface area contributed by atoms with Gasteiger partial charge in [-0.15, -0.1) is 0 Å². The number of piperidine rings is 1. The summed E-state index contributed by atoms with van der Waals surface area (Å²) < 4.78 is 11.2. The quantitative estimate of drug-likeness (QED) is 0.869. The molecule has 0 bridgehead atoms. The first-order valence-corrected chi connectivity index (χ1v) is 8.29. The molecular formula is C19H20N2O3. The number of nitrogens with zero attached hydrogens (tertiary/aromatic N) is 2. The van der Waals surface area contributed by atoms with Crippen LogP contribution in [0.2, 0.25) is 0 Å². The van der Waals surface area contributed by atoms with Crippen molar-refractivity contribution in [2.45, 2.75) is 31.9 Å². The Morgan fingerprint density at radius 1 is 1.21 bits per heavy atom. The molecule has 0 atom stereocenters. The molecule has 1 fully saturated rings. The Hall–Kier alpha value is -2.40. The van der Waals surface area contributed by atoms with Crippen molar-refractivity contribution >= 4 is 11.4 Å². The highest BCUT2D eigenvalue weighted by molar-refractivity contribution is 6.26. The van der Waals surface area contributed by atoms with Gasteiger partial charge in [0.1, 0.15) is 0 Å². The Morgan fingerprint density at radius 3 is 2.62 bits per heavy atom. The van der Waals surface area contributed by atoms with E-state index in [1.54, 1.807) is 6.26 Å². The maximum absolute atomic E-state index is 12.9. The Balaban J connectivity index is 1.41. The highest BCUT2D eigenvalue weighted by Crippen LogP contribution is 2.38. The summed E-state index contributed by atoms with van der Waals surface area (Å²) >= 11 is 0. The maximum Gasteiger partial charge on any atom is 0.210 e. The molecule has 4 rings (SSSR count). The minimum Gasteiger partial charge on any atom is -0.486 e. The lowest BCUT2D eigenvalue weighted by molar-refractivity contribution is -0.133. The van der Waals surface area contributed by atoms with Crippen molar-refractivity contribution in [2.75, 3.05) is 13.1 Å². The molecule has 0 N–H and O–H groups in total. The number of aryl methyl sites for hydroxylation is 1. The molecule has 0 amide bonds. The standard InChI is InChI=1S/C19H20N2O3/c1-14-11-16(24-20-14)12-21-9-7-19(8-10-21)18(22)17(13-23-19)15-5-3-2-4-6-15/h2-6,11,13H,7-10,12H2,1H3. The number of ketones is 1. The first-order chi connectivity index (χ1) is 11.7. The first-order valence-electron chi connectivity index (χ1n) is 8.29. The fraction of sp³-hybridized carbons (Fsp3) is 0.368. The Kier molecular flexibility index (Phi) is 3.73. The number of carbonyl (C=O) groups excluding carboxylic acids is 1. The lowest BCUT2D eigenvalue weighted by Gasteiger charge is -2.37. The number of hydrogen-bond acceptors (Lipinski definition) is 5. The van der Waals surface area contributed by atoms with Crippen LogP contribution in [-0.2, 0) is 16.1 Å². The molecule has 0 aliphatic carbocycles. The van der Waals surface area contributed by atoms with Crippen LogP contribution in [0.15, 0.2) is 47.2 Å². The zero-order valence-electron chi connectivity index (χ0n) is 13.7. The van der Waals surface area contributed by atoms with Gasteiger partial charge < -0.3 is 9.26 Å². The van der Waals surface area contributed by atoms with Gasteiger partial charge in [0.15, 0.2) is 11.4 Å². The van der Waals surface area contributed by atoms with E-state index in [2.05, 4.69) is 10.1 Å². The molecule has 1 spiro atoms. The van der Waals surface area contributed by atoms with E-state index < -0.39 is 5.60 Å². The Bertz CT molecular complexity index is 771. The molecule has 2 aromatic rings. The second-order valence-corrected chi connectivity index (χ2v) is 6.55. The van der Waals surface area contributed by atoms with Gasteiger partial charge in [0.25, 0.3) is 0 Å². The number of benzene rings is 1. The zero-order chi connectivity index (χ0) is 16.6. The van der Waals surface area contributed by atoms with E-state index in [1.807, 2.05) is 43.3 Å². The van der Waals surface area contributed by atoms with Gasteiger partial charge in [-0.05, 0) is 12.5 Å². The minimum absolute atomic E-state index is 0.115. The average Bonchev–Trinajstić information content (AvgIpc) is 3.15. The number of rotatable bonds is 3. The van der Waals surface area contributed by atoms with Gasteiger partial charge in [-0.1, -0.05) is 35.5 Å². The van der Waals surface area contributed by atoms with Crippen LogP contribution < -0.4 is 0 Å². The van der Waals surface area contributed by atoms with Crippen molar-refractivity contribution in [3.8, 4) is 0 Å². The van der Waals surface area contributed by atoms with Crippen molar-refractivity contribution in [1.29, 1.82) is 0 Å². The third-order valence-electron chi connectivity index (χ3n) is 4.87. The summed E-state index contributed by atoms with van der Waals surface area (Å²) in [7, 11) is 0. The molecule has 124 valence electrons. The van der Waals surface area contributed by atoms with E-state index in [0.717, 1.165) is 36.7 Å². The van der Waals surface area contributed by atoms with Gasteiger partial charge in [0.05, 0.1) is 24.1 Å². The van der Waals surface area contributed by atoms with E-state index in [-0.39, 0.29) is 5.78 Å². The minimum atomic E-state index is -0.682. The molecule has 2 aliphatic rings. The Morgan fingerprint density at radius 2 is 1.96 bits per heavy atom. The summed E-state index contributed by atoms with van der Waals surface area (Å²) in [6.45, 7) is 4.26. The zero-order valence-corrected chi connectivity index (χ0v) is 13.7. The van der Waals surface area contributed by atoms with Gasteiger partial charge in [-0.25, -0.2) is 0 Å². The molecule has 5 heteroatoms. The summed E-state index contributed by atoms with van der Waals surface area (Å²) in [6.07, 6.45) is 3.05. The molecule has 3 heterocycles. The SMILES string of the molecule is Cc1cc(CN2CCC3(CC2)OC=C(c2ccccc2)C3=O)on1. The summed E-state index contributed by atoms with van der Waals surface area (Å²) in [5.74, 6) is 0.981. The molecule has 1 aromatic carbocycles. The van der Waals surface area contributed by atoms with Gasteiger partial charge in [-0.3, -0.25) is 9.69 Å². The van der Waals surface area contributed by atoms with Crippen molar-refractivity contribution < 1.29 is 14.1 Å². The smallest absolute Gasteiger partial charge is 0.210 e. The highest BCUT2D eigenvalue weighted by Gasteiger charge is 2.48. The molecule has 0 unspecified atom stereocenters. The molecule has 2 aliphatic heterocycles. The van der Waals surface area contributed by atoms with Gasteiger partial charge >= 0.3 is 0 Å². The predicted octanol–water partition coefficient (Wildman–Crippen LogP) is 2.96. The molecule has 0 saturated carbocycles. The van der Waals surface area contributed by atoms with Crippen molar-refractivity contribution in [3.63, 3.8) is 0 Å². The van der Waals surface area contributed by atoms with Crippen LogP contribution in [0.5, 0.6) is 0 Å². The van der Waals surface area contributed by atoms with Crippen LogP contribution in [0.25, 0.3) is 5.57 Å². The normalized spacial score (nSPS) is 20.2. The van der Waals surface area contributed by atoms with E-state index >= 15 is 0 Å². The second kappa shape index (κ2) is 5.91. The summed E-state index contributed by atoms with van der Waals surface area (Å²) in [4.78, 5) is 15.2. The second-order valence-electron chi connectivity index (χ2n) is 6.55. The van der Waals surface area contributed by atoms with Gasteiger partial charge in [-0.2, -0.15) is 0 Å². The monoisotopic (exact) mass is 324 g/mol.